The van der Waals surface area contributed by atoms with Crippen molar-refractivity contribution >= 4 is 38.2 Å². The predicted octanol–water partition coefficient (Wildman–Crippen LogP) is 11.8. The summed E-state index contributed by atoms with van der Waals surface area (Å²) in [5.41, 5.74) is 5.42. The molecule has 0 saturated carbocycles. The van der Waals surface area contributed by atoms with Gasteiger partial charge < -0.3 is 5.11 Å². The molecule has 47 heavy (non-hydrogen) atoms. The summed E-state index contributed by atoms with van der Waals surface area (Å²) in [6.07, 6.45) is 6.39. The Labute approximate surface area is 296 Å². The zero-order valence-electron chi connectivity index (χ0n) is 30.8. The van der Waals surface area contributed by atoms with E-state index in [0.717, 1.165) is 75.1 Å². The number of aliphatic hydroxyl groups is 1. The van der Waals surface area contributed by atoms with Gasteiger partial charge in [-0.1, -0.05) is 112 Å². The van der Waals surface area contributed by atoms with Crippen LogP contribution in [0.5, 0.6) is 0 Å². The van der Waals surface area contributed by atoms with Crippen LogP contribution in [0.4, 0.5) is 0 Å². The fourth-order valence-electron chi connectivity index (χ4n) is 6.04. The second-order valence-corrected chi connectivity index (χ2v) is 13.4. The van der Waals surface area contributed by atoms with E-state index in [0.29, 0.717) is 0 Å². The molecule has 1 aromatic heterocycles. The van der Waals surface area contributed by atoms with Crippen LogP contribution < -0.4 is 0 Å². The van der Waals surface area contributed by atoms with Crippen LogP contribution in [0.25, 0.3) is 43.7 Å². The predicted molar refractivity (Wildman–Crippen MR) is 195 cm³/mol. The normalized spacial score (nSPS) is 12.8. The van der Waals surface area contributed by atoms with Gasteiger partial charge in [-0.15, -0.1) is 34.9 Å². The van der Waals surface area contributed by atoms with Crippen LogP contribution in [0.1, 0.15) is 105 Å². The number of fused-ring (bicyclic) bond motifs is 5. The standard InChI is InChI=1S/C27H23N2.C15H28O2.Ir/c1-16(2)24-14-19-7-5-6-8-21(19)22-9-10-23-26(28-15-29-27(23)25(22)24)20-12-17(3)11-18(4)13-20;1-7-14(5,8-2)12(16)11-13(17)15(6,9-3)10-4;/h5-12,14-16H,1-4H3;11,16H,7-10H2,1-6H3;/q-1;;/b;12-11-;/i16D;;. The molecule has 4 nitrogen and oxygen atoms in total. The van der Waals surface area contributed by atoms with Crippen LogP contribution in [-0.4, -0.2) is 20.9 Å². The fourth-order valence-corrected chi connectivity index (χ4v) is 6.04. The van der Waals surface area contributed by atoms with Gasteiger partial charge in [-0.05, 0) is 64.4 Å². The van der Waals surface area contributed by atoms with Crippen molar-refractivity contribution in [2.24, 2.45) is 10.8 Å². The molecule has 5 rings (SSSR count). The average Bonchev–Trinajstić information content (AvgIpc) is 3.05. The molecule has 0 unspecified atom stereocenters. The summed E-state index contributed by atoms with van der Waals surface area (Å²) in [5.74, 6) is -0.470. The molecular formula is C42H51IrN2O2-. The van der Waals surface area contributed by atoms with Crippen LogP contribution in [0, 0.1) is 30.7 Å². The van der Waals surface area contributed by atoms with Crippen LogP contribution in [0.3, 0.4) is 0 Å². The molecule has 5 aromatic rings. The maximum atomic E-state index is 12.2. The van der Waals surface area contributed by atoms with Gasteiger partial charge in [0.15, 0.2) is 5.78 Å². The monoisotopic (exact) mass is 809 g/mol. The molecule has 0 saturated heterocycles. The SMILES string of the molecule is CCC(C)(CC)C(=O)/C=C(\O)C(C)(CC)CC.[2H]C(C)(C)c1cc2ccccc2c2ccc3c(-c4[c-]c(C)cc(C)c4)ncnc3c12.[Ir]. The Balaban J connectivity index is 0.000000301. The first-order valence-corrected chi connectivity index (χ1v) is 16.7. The molecule has 0 atom stereocenters. The minimum absolute atomic E-state index is 0. The average molecular weight is 809 g/mol. The summed E-state index contributed by atoms with van der Waals surface area (Å²) in [5, 5.41) is 15.6. The minimum atomic E-state index is -0.756. The van der Waals surface area contributed by atoms with Gasteiger partial charge in [-0.3, -0.25) is 9.78 Å². The van der Waals surface area contributed by atoms with E-state index >= 15 is 0 Å². The number of carbonyl (C=O) groups excluding carboxylic acids is 1. The van der Waals surface area contributed by atoms with E-state index in [1.165, 1.54) is 17.0 Å². The molecule has 0 amide bonds. The van der Waals surface area contributed by atoms with Crippen LogP contribution in [-0.2, 0) is 24.9 Å². The summed E-state index contributed by atoms with van der Waals surface area (Å²) in [6.45, 7) is 20.1. The third-order valence-corrected chi connectivity index (χ3v) is 10.2. The second kappa shape index (κ2) is 15.7. The Morgan fingerprint density at radius 1 is 0.894 bits per heavy atom. The van der Waals surface area contributed by atoms with E-state index < -0.39 is 5.89 Å². The first-order valence-electron chi connectivity index (χ1n) is 17.2. The van der Waals surface area contributed by atoms with Crippen molar-refractivity contribution < 1.29 is 31.4 Å². The minimum Gasteiger partial charge on any atom is -0.512 e. The van der Waals surface area contributed by atoms with Gasteiger partial charge in [0, 0.05) is 43.8 Å². The Morgan fingerprint density at radius 2 is 1.51 bits per heavy atom. The van der Waals surface area contributed by atoms with Crippen molar-refractivity contribution in [1.29, 1.82) is 0 Å². The molecule has 5 heteroatoms. The maximum absolute atomic E-state index is 12.2. The zero-order valence-corrected chi connectivity index (χ0v) is 32.2. The van der Waals surface area contributed by atoms with Crippen molar-refractivity contribution in [3.8, 4) is 11.3 Å². The Hall–Kier alpha value is -3.40. The number of aryl methyl sites for hydroxylation is 2. The number of rotatable bonds is 9. The number of ketones is 1. The van der Waals surface area contributed by atoms with Gasteiger partial charge in [0.2, 0.25) is 0 Å². The first-order chi connectivity index (χ1) is 22.1. The maximum Gasteiger partial charge on any atom is 0.164 e. The summed E-state index contributed by atoms with van der Waals surface area (Å²) in [6, 6.07) is 22.5. The number of benzene rings is 4. The molecule has 1 N–H and O–H groups in total. The van der Waals surface area contributed by atoms with Gasteiger partial charge in [0.1, 0.15) is 12.1 Å². The van der Waals surface area contributed by atoms with E-state index in [4.69, 9.17) is 6.35 Å². The van der Waals surface area contributed by atoms with Gasteiger partial charge in [-0.2, -0.15) is 0 Å². The van der Waals surface area contributed by atoms with E-state index in [2.05, 4.69) is 73.4 Å². The molecule has 0 aliphatic heterocycles. The molecule has 0 aliphatic carbocycles. The number of aliphatic hydroxyl groups excluding tert-OH is 1. The van der Waals surface area contributed by atoms with Crippen molar-refractivity contribution in [3.63, 3.8) is 0 Å². The summed E-state index contributed by atoms with van der Waals surface area (Å²) in [4.78, 5) is 21.5. The van der Waals surface area contributed by atoms with Gasteiger partial charge in [-0.25, -0.2) is 4.98 Å². The number of aromatic nitrogens is 2. The molecule has 0 bridgehead atoms. The Bertz CT molecular complexity index is 1930. The molecule has 0 aliphatic rings. The molecule has 1 radical (unpaired) electrons. The first kappa shape index (κ1) is 36.4. The molecule has 4 aromatic carbocycles. The van der Waals surface area contributed by atoms with Gasteiger partial charge in [0.25, 0.3) is 0 Å². The second-order valence-electron chi connectivity index (χ2n) is 13.4. The third kappa shape index (κ3) is 7.85. The summed E-state index contributed by atoms with van der Waals surface area (Å²) < 4.78 is 8.83. The number of hydrogen-bond acceptors (Lipinski definition) is 4. The van der Waals surface area contributed by atoms with Crippen LogP contribution in [0.2, 0.25) is 0 Å². The van der Waals surface area contributed by atoms with Gasteiger partial charge >= 0.3 is 0 Å². The Kier molecular flexibility index (Phi) is 12.1. The molecule has 251 valence electrons. The molecule has 0 fully saturated rings. The summed E-state index contributed by atoms with van der Waals surface area (Å²) >= 11 is 0. The largest absolute Gasteiger partial charge is 0.512 e. The molecule has 1 heterocycles. The Morgan fingerprint density at radius 3 is 2.11 bits per heavy atom. The summed E-state index contributed by atoms with van der Waals surface area (Å²) in [7, 11) is 0. The van der Waals surface area contributed by atoms with Gasteiger partial charge in [0.05, 0.1) is 5.52 Å². The van der Waals surface area contributed by atoms with Crippen molar-refractivity contribution in [1.82, 2.24) is 9.97 Å². The van der Waals surface area contributed by atoms with E-state index in [9.17, 15) is 9.90 Å². The number of hydrogen-bond donors (Lipinski definition) is 1. The van der Waals surface area contributed by atoms with Crippen LogP contribution >= 0.6 is 0 Å². The van der Waals surface area contributed by atoms with Crippen molar-refractivity contribution in [2.45, 2.75) is 101 Å². The number of nitrogens with zero attached hydrogens (tertiary/aromatic N) is 2. The number of allylic oxidation sites excluding steroid dienone is 2. The topological polar surface area (TPSA) is 63.1 Å². The van der Waals surface area contributed by atoms with E-state index in [1.807, 2.05) is 61.5 Å². The third-order valence-electron chi connectivity index (χ3n) is 10.2. The van der Waals surface area contributed by atoms with Crippen molar-refractivity contribution in [3.05, 3.63) is 95.5 Å². The fraction of sp³-hybridized carbons (Fsp3) is 0.405. The molecule has 0 spiro atoms. The zero-order chi connectivity index (χ0) is 34.7. The smallest absolute Gasteiger partial charge is 0.164 e. The van der Waals surface area contributed by atoms with E-state index in [-0.39, 0.29) is 42.5 Å². The molecular weight excluding hydrogens is 757 g/mol. The van der Waals surface area contributed by atoms with Crippen molar-refractivity contribution in [2.75, 3.05) is 0 Å². The van der Waals surface area contributed by atoms with Crippen LogP contribution in [0.15, 0.2) is 72.8 Å². The van der Waals surface area contributed by atoms with E-state index in [1.54, 1.807) is 6.33 Å². The number of carbonyl (C=O) groups is 1. The quantitative estimate of drug-likeness (QED) is 0.0697.